The summed E-state index contributed by atoms with van der Waals surface area (Å²) >= 11 is 2.04. The summed E-state index contributed by atoms with van der Waals surface area (Å²) in [5.41, 5.74) is 1.14. The molecule has 3 nitrogen and oxygen atoms in total. The van der Waals surface area contributed by atoms with Crippen LogP contribution in [0, 0.1) is 0 Å². The average Bonchev–Trinajstić information content (AvgIpc) is 2.62. The first-order valence-corrected chi connectivity index (χ1v) is 5.65. The highest BCUT2D eigenvalue weighted by Crippen LogP contribution is 2.27. The van der Waals surface area contributed by atoms with Crippen LogP contribution in [0.15, 0.2) is 12.4 Å². The number of hydrogen-bond acceptors (Lipinski definition) is 3. The fourth-order valence-electron chi connectivity index (χ4n) is 1.65. The van der Waals surface area contributed by atoms with Gasteiger partial charge < -0.3 is 5.32 Å². The van der Waals surface area contributed by atoms with Crippen LogP contribution in [-0.2, 0) is 7.05 Å². The highest BCUT2D eigenvalue weighted by Gasteiger charge is 2.21. The lowest BCUT2D eigenvalue weighted by Crippen LogP contribution is -2.18. The van der Waals surface area contributed by atoms with E-state index in [1.54, 1.807) is 0 Å². The highest BCUT2D eigenvalue weighted by molar-refractivity contribution is 8.00. The fourth-order valence-corrected chi connectivity index (χ4v) is 2.80. The molecule has 2 atom stereocenters. The zero-order chi connectivity index (χ0) is 9.26. The molecular formula is C9H15N3S. The first-order valence-electron chi connectivity index (χ1n) is 4.61. The van der Waals surface area contributed by atoms with Gasteiger partial charge in [-0.25, -0.2) is 0 Å². The molecule has 2 unspecified atom stereocenters. The number of aromatic nitrogens is 2. The van der Waals surface area contributed by atoms with Crippen molar-refractivity contribution in [2.75, 3.05) is 11.1 Å². The summed E-state index contributed by atoms with van der Waals surface area (Å²) in [7, 11) is 1.94. The molecule has 1 aliphatic rings. The van der Waals surface area contributed by atoms with Gasteiger partial charge >= 0.3 is 0 Å². The lowest BCUT2D eigenvalue weighted by molar-refractivity contribution is 0.745. The molecule has 1 aromatic rings. The van der Waals surface area contributed by atoms with E-state index in [1.165, 1.54) is 12.2 Å². The molecule has 1 aliphatic heterocycles. The Labute approximate surface area is 82.9 Å². The van der Waals surface area contributed by atoms with E-state index in [1.807, 2.05) is 35.9 Å². The quantitative estimate of drug-likeness (QED) is 0.783. The molecule has 2 heterocycles. The SMILES string of the molecule is CC1CC(Nc2cnn(C)c2)CS1. The Morgan fingerprint density at radius 2 is 2.54 bits per heavy atom. The second-order valence-electron chi connectivity index (χ2n) is 3.62. The molecular weight excluding hydrogens is 182 g/mol. The van der Waals surface area contributed by atoms with Crippen molar-refractivity contribution < 1.29 is 0 Å². The van der Waals surface area contributed by atoms with Gasteiger partial charge in [-0.15, -0.1) is 0 Å². The maximum absolute atomic E-state index is 4.13. The molecule has 1 N–H and O–H groups in total. The first kappa shape index (κ1) is 8.94. The fraction of sp³-hybridized carbons (Fsp3) is 0.667. The minimum atomic E-state index is 0.629. The number of anilines is 1. The van der Waals surface area contributed by atoms with E-state index in [0.717, 1.165) is 10.9 Å². The van der Waals surface area contributed by atoms with Crippen LogP contribution in [-0.4, -0.2) is 26.8 Å². The van der Waals surface area contributed by atoms with Crippen molar-refractivity contribution >= 4 is 17.4 Å². The summed E-state index contributed by atoms with van der Waals surface area (Å²) in [6, 6.07) is 0.629. The third-order valence-corrected chi connectivity index (χ3v) is 3.63. The Balaban J connectivity index is 1.91. The van der Waals surface area contributed by atoms with Crippen molar-refractivity contribution in [3.8, 4) is 0 Å². The van der Waals surface area contributed by atoms with Crippen LogP contribution >= 0.6 is 11.8 Å². The maximum atomic E-state index is 4.13. The van der Waals surface area contributed by atoms with Crippen molar-refractivity contribution in [1.29, 1.82) is 0 Å². The van der Waals surface area contributed by atoms with Crippen molar-refractivity contribution in [3.05, 3.63) is 12.4 Å². The van der Waals surface area contributed by atoms with E-state index in [4.69, 9.17) is 0 Å². The normalized spacial score (nSPS) is 27.8. The molecule has 1 saturated heterocycles. The Kier molecular flexibility index (Phi) is 2.49. The van der Waals surface area contributed by atoms with Gasteiger partial charge in [-0.05, 0) is 6.42 Å². The molecule has 0 radical (unpaired) electrons. The van der Waals surface area contributed by atoms with Gasteiger partial charge in [-0.3, -0.25) is 4.68 Å². The molecule has 0 saturated carbocycles. The molecule has 0 aromatic carbocycles. The van der Waals surface area contributed by atoms with Crippen LogP contribution in [0.3, 0.4) is 0 Å². The summed E-state index contributed by atoms with van der Waals surface area (Å²) in [4.78, 5) is 0. The maximum Gasteiger partial charge on any atom is 0.0728 e. The molecule has 0 spiro atoms. The lowest BCUT2D eigenvalue weighted by atomic mass is 10.2. The smallest absolute Gasteiger partial charge is 0.0728 e. The van der Waals surface area contributed by atoms with Crippen LogP contribution in [0.1, 0.15) is 13.3 Å². The van der Waals surface area contributed by atoms with Gasteiger partial charge in [0.1, 0.15) is 0 Å². The third kappa shape index (κ3) is 2.18. The van der Waals surface area contributed by atoms with E-state index in [0.29, 0.717) is 6.04 Å². The average molecular weight is 197 g/mol. The number of nitrogens with one attached hydrogen (secondary N) is 1. The topological polar surface area (TPSA) is 29.9 Å². The predicted molar refractivity (Wildman–Crippen MR) is 57.2 cm³/mol. The van der Waals surface area contributed by atoms with Crippen LogP contribution in [0.25, 0.3) is 0 Å². The number of nitrogens with zero attached hydrogens (tertiary/aromatic N) is 2. The number of aryl methyl sites for hydroxylation is 1. The van der Waals surface area contributed by atoms with Gasteiger partial charge in [0.2, 0.25) is 0 Å². The summed E-state index contributed by atoms with van der Waals surface area (Å²) in [5, 5.41) is 8.41. The minimum absolute atomic E-state index is 0.629. The summed E-state index contributed by atoms with van der Waals surface area (Å²) in [6.45, 7) is 2.29. The molecule has 1 fully saturated rings. The van der Waals surface area contributed by atoms with E-state index < -0.39 is 0 Å². The van der Waals surface area contributed by atoms with Crippen molar-refractivity contribution in [1.82, 2.24) is 9.78 Å². The second-order valence-corrected chi connectivity index (χ2v) is 5.09. The molecule has 0 amide bonds. The van der Waals surface area contributed by atoms with E-state index >= 15 is 0 Å². The Bertz CT molecular complexity index is 284. The van der Waals surface area contributed by atoms with Gasteiger partial charge in [0.05, 0.1) is 11.9 Å². The standard InChI is InChI=1S/C9H15N3S/c1-7-3-8(6-13-7)11-9-4-10-12(2)5-9/h4-5,7-8,11H,3,6H2,1-2H3. The molecule has 72 valence electrons. The molecule has 4 heteroatoms. The second kappa shape index (κ2) is 3.62. The lowest BCUT2D eigenvalue weighted by Gasteiger charge is -2.10. The van der Waals surface area contributed by atoms with Gasteiger partial charge in [0.15, 0.2) is 0 Å². The van der Waals surface area contributed by atoms with Crippen LogP contribution in [0.2, 0.25) is 0 Å². The first-order chi connectivity index (χ1) is 6.24. The van der Waals surface area contributed by atoms with Gasteiger partial charge in [0.25, 0.3) is 0 Å². The van der Waals surface area contributed by atoms with E-state index in [-0.39, 0.29) is 0 Å². The van der Waals surface area contributed by atoms with Crippen molar-refractivity contribution in [3.63, 3.8) is 0 Å². The molecule has 0 bridgehead atoms. The Morgan fingerprint density at radius 3 is 3.08 bits per heavy atom. The summed E-state index contributed by atoms with van der Waals surface area (Å²) < 4.78 is 1.83. The van der Waals surface area contributed by atoms with Crippen molar-refractivity contribution in [2.45, 2.75) is 24.6 Å². The largest absolute Gasteiger partial charge is 0.379 e. The molecule has 13 heavy (non-hydrogen) atoms. The monoisotopic (exact) mass is 197 g/mol. The summed E-state index contributed by atoms with van der Waals surface area (Å²) in [6.07, 6.45) is 5.17. The zero-order valence-corrected chi connectivity index (χ0v) is 8.84. The minimum Gasteiger partial charge on any atom is -0.379 e. The van der Waals surface area contributed by atoms with Crippen LogP contribution < -0.4 is 5.32 Å². The van der Waals surface area contributed by atoms with Crippen LogP contribution in [0.4, 0.5) is 5.69 Å². The van der Waals surface area contributed by atoms with Crippen LogP contribution in [0.5, 0.6) is 0 Å². The molecule has 0 aliphatic carbocycles. The predicted octanol–water partition coefficient (Wildman–Crippen LogP) is 1.73. The zero-order valence-electron chi connectivity index (χ0n) is 8.03. The number of hydrogen-bond donors (Lipinski definition) is 1. The third-order valence-electron chi connectivity index (χ3n) is 2.27. The van der Waals surface area contributed by atoms with Gasteiger partial charge in [-0.2, -0.15) is 16.9 Å². The Hall–Kier alpha value is -0.640. The summed E-state index contributed by atoms with van der Waals surface area (Å²) in [5.74, 6) is 1.22. The Morgan fingerprint density at radius 1 is 1.69 bits per heavy atom. The molecule has 2 rings (SSSR count). The van der Waals surface area contributed by atoms with Gasteiger partial charge in [0, 0.05) is 30.3 Å². The van der Waals surface area contributed by atoms with Gasteiger partial charge in [-0.1, -0.05) is 6.92 Å². The molecule has 1 aromatic heterocycles. The number of thioether (sulfide) groups is 1. The van der Waals surface area contributed by atoms with E-state index in [9.17, 15) is 0 Å². The van der Waals surface area contributed by atoms with Crippen molar-refractivity contribution in [2.24, 2.45) is 7.05 Å². The van der Waals surface area contributed by atoms with E-state index in [2.05, 4.69) is 17.3 Å². The number of rotatable bonds is 2. The highest BCUT2D eigenvalue weighted by atomic mass is 32.2.